The molecule has 3 aromatic carbocycles. The Balaban J connectivity index is 1.78. The molecule has 0 radical (unpaired) electrons. The van der Waals surface area contributed by atoms with Crippen molar-refractivity contribution in [1.29, 1.82) is 0 Å². The van der Waals surface area contributed by atoms with Gasteiger partial charge in [-0.2, -0.15) is 0 Å². The summed E-state index contributed by atoms with van der Waals surface area (Å²) in [5, 5.41) is 39.1. The van der Waals surface area contributed by atoms with Gasteiger partial charge in [-0.3, -0.25) is 9.36 Å². The molecule has 0 aliphatic rings. The van der Waals surface area contributed by atoms with Crippen molar-refractivity contribution in [3.05, 3.63) is 90.8 Å². The Kier molecular flexibility index (Phi) is 5.00. The number of nitrogens with zero attached hydrogens (tertiary/aromatic N) is 1. The predicted octanol–water partition coefficient (Wildman–Crippen LogP) is 4.31. The zero-order valence-corrected chi connectivity index (χ0v) is 15.8. The zero-order valence-electron chi connectivity index (χ0n) is 15.8. The van der Waals surface area contributed by atoms with E-state index in [2.05, 4.69) is 0 Å². The van der Waals surface area contributed by atoms with E-state index in [0.717, 1.165) is 22.3 Å². The maximum absolute atomic E-state index is 12.9. The zero-order chi connectivity index (χ0) is 21.3. The molecule has 4 rings (SSSR count). The normalized spacial score (nSPS) is 11.9. The van der Waals surface area contributed by atoms with Crippen LogP contribution in [0.25, 0.3) is 22.3 Å². The number of aliphatic hydroxyl groups is 1. The highest BCUT2D eigenvalue weighted by atomic mass is 16.3. The van der Waals surface area contributed by atoms with E-state index in [1.165, 1.54) is 28.8 Å². The molecule has 150 valence electrons. The van der Waals surface area contributed by atoms with Crippen LogP contribution in [0.1, 0.15) is 16.5 Å². The first-order valence-corrected chi connectivity index (χ1v) is 9.24. The van der Waals surface area contributed by atoms with E-state index < -0.39 is 12.0 Å². The molecule has 0 amide bonds. The molecular formula is C24H19NO5. The molecule has 0 saturated heterocycles. The number of carbonyl (C=O) groups excluding carboxylic acids is 1. The third-order valence-corrected chi connectivity index (χ3v) is 4.88. The molecule has 0 saturated carbocycles. The highest BCUT2D eigenvalue weighted by Crippen LogP contribution is 2.35. The molecule has 0 fully saturated rings. The van der Waals surface area contributed by atoms with E-state index in [1.807, 2.05) is 0 Å². The first-order chi connectivity index (χ1) is 14.4. The van der Waals surface area contributed by atoms with Crippen molar-refractivity contribution in [2.45, 2.75) is 6.10 Å². The number of rotatable bonds is 4. The van der Waals surface area contributed by atoms with Gasteiger partial charge in [-0.25, -0.2) is 0 Å². The van der Waals surface area contributed by atoms with E-state index in [-0.39, 0.29) is 17.2 Å². The van der Waals surface area contributed by atoms with Gasteiger partial charge in [0.15, 0.2) is 6.10 Å². The maximum Gasteiger partial charge on any atom is 0.264 e. The largest absolute Gasteiger partial charge is 0.508 e. The van der Waals surface area contributed by atoms with Crippen LogP contribution in [0.2, 0.25) is 0 Å². The minimum Gasteiger partial charge on any atom is -0.508 e. The average Bonchev–Trinajstić information content (AvgIpc) is 3.19. The molecule has 4 aromatic rings. The highest BCUT2D eigenvalue weighted by molar-refractivity contribution is 5.91. The predicted molar refractivity (Wildman–Crippen MR) is 112 cm³/mol. The average molecular weight is 401 g/mol. The van der Waals surface area contributed by atoms with Gasteiger partial charge < -0.3 is 20.4 Å². The summed E-state index contributed by atoms with van der Waals surface area (Å²) in [6, 6.07) is 19.0. The van der Waals surface area contributed by atoms with Crippen molar-refractivity contribution in [3.8, 4) is 39.5 Å². The van der Waals surface area contributed by atoms with Crippen LogP contribution >= 0.6 is 0 Å². The highest BCUT2D eigenvalue weighted by Gasteiger charge is 2.22. The Morgan fingerprint density at radius 2 is 1.00 bits per heavy atom. The molecule has 0 bridgehead atoms. The van der Waals surface area contributed by atoms with Gasteiger partial charge >= 0.3 is 0 Å². The van der Waals surface area contributed by atoms with Gasteiger partial charge in [-0.15, -0.1) is 0 Å². The number of carbonyl (C=O) groups is 1. The number of aliphatic hydroxyl groups excluding tert-OH is 1. The van der Waals surface area contributed by atoms with Gasteiger partial charge in [-0.1, -0.05) is 36.4 Å². The lowest BCUT2D eigenvalue weighted by atomic mass is 9.99. The molecule has 30 heavy (non-hydrogen) atoms. The lowest BCUT2D eigenvalue weighted by molar-refractivity contribution is 0.0654. The third kappa shape index (κ3) is 3.76. The molecule has 6 nitrogen and oxygen atoms in total. The van der Waals surface area contributed by atoms with Crippen molar-refractivity contribution in [2.24, 2.45) is 0 Å². The van der Waals surface area contributed by atoms with Gasteiger partial charge in [0.1, 0.15) is 17.2 Å². The van der Waals surface area contributed by atoms with Gasteiger partial charge in [0.05, 0.1) is 0 Å². The fraction of sp³-hybridized carbons (Fsp3) is 0.0417. The molecule has 4 N–H and O–H groups in total. The van der Waals surface area contributed by atoms with Crippen LogP contribution in [0.4, 0.5) is 0 Å². The van der Waals surface area contributed by atoms with Gasteiger partial charge in [0, 0.05) is 23.5 Å². The lowest BCUT2D eigenvalue weighted by Gasteiger charge is -2.10. The smallest absolute Gasteiger partial charge is 0.264 e. The van der Waals surface area contributed by atoms with Crippen LogP contribution in [-0.2, 0) is 0 Å². The Morgan fingerprint density at radius 1 is 0.633 bits per heavy atom. The summed E-state index contributed by atoms with van der Waals surface area (Å²) >= 11 is 0. The first kappa shape index (κ1) is 19.3. The Labute approximate surface area is 172 Å². The summed E-state index contributed by atoms with van der Waals surface area (Å²) in [5.41, 5.74) is 3.38. The first-order valence-electron chi connectivity index (χ1n) is 9.24. The van der Waals surface area contributed by atoms with E-state index >= 15 is 0 Å². The lowest BCUT2D eigenvalue weighted by Crippen LogP contribution is -2.18. The molecular weight excluding hydrogens is 382 g/mol. The summed E-state index contributed by atoms with van der Waals surface area (Å²) in [4.78, 5) is 12.9. The van der Waals surface area contributed by atoms with Gasteiger partial charge in [-0.05, 0) is 53.1 Å². The summed E-state index contributed by atoms with van der Waals surface area (Å²) < 4.78 is 1.32. The quantitative estimate of drug-likeness (QED) is 0.408. The number of aromatic nitrogens is 1. The van der Waals surface area contributed by atoms with Crippen LogP contribution in [0.3, 0.4) is 0 Å². The summed E-state index contributed by atoms with van der Waals surface area (Å²) in [6.45, 7) is 0. The van der Waals surface area contributed by atoms with Crippen LogP contribution < -0.4 is 0 Å². The topological polar surface area (TPSA) is 103 Å². The van der Waals surface area contributed by atoms with Crippen molar-refractivity contribution in [3.63, 3.8) is 0 Å². The number of benzene rings is 3. The SMILES string of the molecule is O=C([C@@H](O)c1ccc(O)cc1)n1cc(-c2ccc(O)cc2)c(-c2ccc(O)cc2)c1. The number of phenolic OH excluding ortho intramolecular Hbond substituents is 3. The van der Waals surface area contributed by atoms with Crippen LogP contribution in [-0.4, -0.2) is 30.9 Å². The fourth-order valence-electron chi connectivity index (χ4n) is 3.26. The molecule has 1 heterocycles. The second-order valence-corrected chi connectivity index (χ2v) is 6.92. The Bertz CT molecular complexity index is 1110. The van der Waals surface area contributed by atoms with Gasteiger partial charge in [0.25, 0.3) is 5.91 Å². The minimum absolute atomic E-state index is 0.0450. The van der Waals surface area contributed by atoms with Crippen molar-refractivity contribution in [1.82, 2.24) is 4.57 Å². The third-order valence-electron chi connectivity index (χ3n) is 4.88. The molecule has 0 spiro atoms. The number of hydrogen-bond acceptors (Lipinski definition) is 5. The number of aromatic hydroxyl groups is 3. The molecule has 0 unspecified atom stereocenters. The van der Waals surface area contributed by atoms with Crippen LogP contribution in [0.15, 0.2) is 85.2 Å². The number of hydrogen-bond donors (Lipinski definition) is 4. The molecule has 1 aromatic heterocycles. The fourth-order valence-corrected chi connectivity index (χ4v) is 3.26. The molecule has 0 aliphatic heterocycles. The second kappa shape index (κ2) is 7.77. The summed E-state index contributed by atoms with van der Waals surface area (Å²) in [6.07, 6.45) is 1.85. The molecule has 6 heteroatoms. The summed E-state index contributed by atoms with van der Waals surface area (Å²) in [7, 11) is 0. The molecule has 0 aliphatic carbocycles. The summed E-state index contributed by atoms with van der Waals surface area (Å²) in [5.74, 6) is -0.249. The molecule has 1 atom stereocenters. The monoisotopic (exact) mass is 401 g/mol. The standard InChI is InChI=1S/C24H19NO5/c26-18-7-1-15(2-8-18)21-13-25(14-22(21)16-3-9-19(27)10-4-16)24(30)23(29)17-5-11-20(28)12-6-17/h1-14,23,26-29H/t23-/m0/s1. The van der Waals surface area contributed by atoms with Crippen molar-refractivity contribution >= 4 is 5.91 Å². The van der Waals surface area contributed by atoms with Gasteiger partial charge in [0.2, 0.25) is 0 Å². The Morgan fingerprint density at radius 3 is 1.40 bits per heavy atom. The Hall–Kier alpha value is -4.03. The number of phenols is 3. The van der Waals surface area contributed by atoms with Crippen molar-refractivity contribution < 1.29 is 25.2 Å². The minimum atomic E-state index is -1.40. The van der Waals surface area contributed by atoms with E-state index in [9.17, 15) is 25.2 Å². The van der Waals surface area contributed by atoms with Crippen molar-refractivity contribution in [2.75, 3.05) is 0 Å². The van der Waals surface area contributed by atoms with E-state index in [1.54, 1.807) is 60.9 Å². The second-order valence-electron chi connectivity index (χ2n) is 6.92. The maximum atomic E-state index is 12.9. The van der Waals surface area contributed by atoms with E-state index in [0.29, 0.717) is 5.56 Å². The van der Waals surface area contributed by atoms with Crippen LogP contribution in [0, 0.1) is 0 Å². The van der Waals surface area contributed by atoms with Crippen LogP contribution in [0.5, 0.6) is 17.2 Å². The van der Waals surface area contributed by atoms with E-state index in [4.69, 9.17) is 0 Å².